The number of carbonyl (C=O) groups excluding carboxylic acids is 2. The molecule has 0 bridgehead atoms. The van der Waals surface area contributed by atoms with Gasteiger partial charge in [0.05, 0.1) is 25.4 Å². The first-order valence-electron chi connectivity index (χ1n) is 24.6. The standard InChI is InChI=1S/C50H95NO5/c1-3-5-7-9-11-13-14-15-16-17-18-19-20-24-28-32-36-40-44-50(55)56-45-41-37-33-29-25-22-21-23-27-31-35-39-43-49(54)51-47(46-52)48(53)42-38-34-30-26-12-10-8-6-4-2/h16-17,38,42,47-48,52-53H,3-15,18-37,39-41,43-46H2,1-2H3,(H,51,54)/b17-16-,42-38+. The third kappa shape index (κ3) is 42.0. The molecule has 2 unspecified atom stereocenters. The van der Waals surface area contributed by atoms with Gasteiger partial charge in [-0.3, -0.25) is 9.59 Å². The summed E-state index contributed by atoms with van der Waals surface area (Å²) in [5.74, 6) is -0.101. The predicted molar refractivity (Wildman–Crippen MR) is 241 cm³/mol. The van der Waals surface area contributed by atoms with Gasteiger partial charge in [-0.15, -0.1) is 0 Å². The molecule has 0 fully saturated rings. The summed E-state index contributed by atoms with van der Waals surface area (Å²) in [5.41, 5.74) is 0. The molecule has 0 rings (SSSR count). The highest BCUT2D eigenvalue weighted by Crippen LogP contribution is 2.15. The van der Waals surface area contributed by atoms with Crippen molar-refractivity contribution in [2.75, 3.05) is 13.2 Å². The third-order valence-electron chi connectivity index (χ3n) is 11.2. The molecule has 0 radical (unpaired) electrons. The molecule has 0 spiro atoms. The van der Waals surface area contributed by atoms with Gasteiger partial charge in [-0.2, -0.15) is 0 Å². The minimum Gasteiger partial charge on any atom is -0.466 e. The van der Waals surface area contributed by atoms with E-state index in [0.717, 1.165) is 57.8 Å². The van der Waals surface area contributed by atoms with E-state index >= 15 is 0 Å². The van der Waals surface area contributed by atoms with Crippen LogP contribution >= 0.6 is 0 Å². The number of allylic oxidation sites excluding steroid dienone is 3. The van der Waals surface area contributed by atoms with Crippen LogP contribution in [-0.4, -0.2) is 47.4 Å². The molecule has 0 aliphatic carbocycles. The van der Waals surface area contributed by atoms with Crippen molar-refractivity contribution in [3.63, 3.8) is 0 Å². The highest BCUT2D eigenvalue weighted by Gasteiger charge is 2.18. The fourth-order valence-electron chi connectivity index (χ4n) is 7.39. The Kier molecular flexibility index (Phi) is 44.7. The van der Waals surface area contributed by atoms with Crippen molar-refractivity contribution in [2.24, 2.45) is 0 Å². The van der Waals surface area contributed by atoms with Crippen LogP contribution in [0.15, 0.2) is 24.3 Å². The summed E-state index contributed by atoms with van der Waals surface area (Å²) in [6.07, 6.45) is 53.2. The number of unbranched alkanes of at least 4 members (excludes halogenated alkanes) is 32. The fourth-order valence-corrected chi connectivity index (χ4v) is 7.39. The van der Waals surface area contributed by atoms with Crippen molar-refractivity contribution in [1.82, 2.24) is 5.32 Å². The first-order valence-corrected chi connectivity index (χ1v) is 24.6. The molecule has 0 saturated heterocycles. The molecule has 2 atom stereocenters. The van der Waals surface area contributed by atoms with Gasteiger partial charge in [0.15, 0.2) is 0 Å². The van der Waals surface area contributed by atoms with Crippen molar-refractivity contribution >= 4 is 11.9 Å². The van der Waals surface area contributed by atoms with E-state index < -0.39 is 12.1 Å². The minimum absolute atomic E-state index is 0.0146. The first-order chi connectivity index (χ1) is 27.5. The molecule has 0 aliphatic rings. The molecule has 3 N–H and O–H groups in total. The molecular formula is C50H95NO5. The molecule has 330 valence electrons. The Balaban J connectivity index is 3.44. The zero-order valence-electron chi connectivity index (χ0n) is 37.4. The zero-order valence-corrected chi connectivity index (χ0v) is 37.4. The maximum atomic E-state index is 12.3. The minimum atomic E-state index is -0.852. The summed E-state index contributed by atoms with van der Waals surface area (Å²) in [4.78, 5) is 24.4. The summed E-state index contributed by atoms with van der Waals surface area (Å²) < 4.78 is 5.46. The molecule has 1 amide bonds. The Morgan fingerprint density at radius 2 is 0.839 bits per heavy atom. The van der Waals surface area contributed by atoms with Gasteiger partial charge >= 0.3 is 5.97 Å². The highest BCUT2D eigenvalue weighted by molar-refractivity contribution is 5.76. The quantitative estimate of drug-likeness (QED) is 0.0324. The van der Waals surface area contributed by atoms with Crippen LogP contribution in [0.4, 0.5) is 0 Å². The van der Waals surface area contributed by atoms with Crippen LogP contribution in [0.3, 0.4) is 0 Å². The molecule has 0 aliphatic heterocycles. The highest BCUT2D eigenvalue weighted by atomic mass is 16.5. The average molecular weight is 790 g/mol. The summed E-state index contributed by atoms with van der Waals surface area (Å²) >= 11 is 0. The number of esters is 1. The third-order valence-corrected chi connectivity index (χ3v) is 11.2. The SMILES string of the molecule is CCCCCCCCC/C=C\CCCCCCCCCC(=O)OCCCCCCCCCCCCCCC(=O)NC(CO)C(O)/C=C/CCCCCCCCC. The van der Waals surface area contributed by atoms with E-state index in [0.29, 0.717) is 19.4 Å². The summed E-state index contributed by atoms with van der Waals surface area (Å²) in [6.45, 7) is 4.83. The second-order valence-electron chi connectivity index (χ2n) is 16.8. The number of nitrogens with one attached hydrogen (secondary N) is 1. The lowest BCUT2D eigenvalue weighted by atomic mass is 10.0. The van der Waals surface area contributed by atoms with E-state index in [2.05, 4.69) is 31.3 Å². The molecule has 56 heavy (non-hydrogen) atoms. The lowest BCUT2D eigenvalue weighted by Gasteiger charge is -2.20. The smallest absolute Gasteiger partial charge is 0.305 e. The Morgan fingerprint density at radius 1 is 0.482 bits per heavy atom. The molecule has 0 aromatic rings. The molecule has 0 heterocycles. The number of amides is 1. The van der Waals surface area contributed by atoms with Gasteiger partial charge in [0.25, 0.3) is 0 Å². The van der Waals surface area contributed by atoms with Gasteiger partial charge in [-0.1, -0.05) is 212 Å². The van der Waals surface area contributed by atoms with Crippen molar-refractivity contribution in [3.8, 4) is 0 Å². The number of rotatable bonds is 45. The van der Waals surface area contributed by atoms with Crippen molar-refractivity contribution in [3.05, 3.63) is 24.3 Å². The van der Waals surface area contributed by atoms with Gasteiger partial charge in [0, 0.05) is 12.8 Å². The van der Waals surface area contributed by atoms with Crippen molar-refractivity contribution < 1.29 is 24.5 Å². The number of carbonyl (C=O) groups is 2. The van der Waals surface area contributed by atoms with E-state index in [9.17, 15) is 19.8 Å². The van der Waals surface area contributed by atoms with Gasteiger partial charge in [0.1, 0.15) is 0 Å². The maximum absolute atomic E-state index is 12.3. The molecule has 6 nitrogen and oxygen atoms in total. The summed E-state index contributed by atoms with van der Waals surface area (Å²) in [6, 6.07) is -0.637. The van der Waals surface area contributed by atoms with Gasteiger partial charge < -0.3 is 20.3 Å². The second kappa shape index (κ2) is 46.0. The van der Waals surface area contributed by atoms with Crippen LogP contribution in [0, 0.1) is 0 Å². The van der Waals surface area contributed by atoms with Crippen LogP contribution in [-0.2, 0) is 14.3 Å². The lowest BCUT2D eigenvalue weighted by molar-refractivity contribution is -0.143. The van der Waals surface area contributed by atoms with E-state index in [1.165, 1.54) is 173 Å². The van der Waals surface area contributed by atoms with Crippen LogP contribution in [0.5, 0.6) is 0 Å². The molecule has 0 aromatic carbocycles. The second-order valence-corrected chi connectivity index (χ2v) is 16.8. The van der Waals surface area contributed by atoms with E-state index in [-0.39, 0.29) is 18.5 Å². The first kappa shape index (κ1) is 54.3. The number of hydrogen-bond acceptors (Lipinski definition) is 5. The van der Waals surface area contributed by atoms with Crippen molar-refractivity contribution in [1.29, 1.82) is 0 Å². The molecule has 0 aromatic heterocycles. The van der Waals surface area contributed by atoms with E-state index in [1.54, 1.807) is 6.08 Å². The number of aliphatic hydroxyl groups is 2. The largest absolute Gasteiger partial charge is 0.466 e. The van der Waals surface area contributed by atoms with Crippen LogP contribution in [0.25, 0.3) is 0 Å². The topological polar surface area (TPSA) is 95.9 Å². The number of ether oxygens (including phenoxy) is 1. The molecule has 6 heteroatoms. The Hall–Kier alpha value is -1.66. The monoisotopic (exact) mass is 790 g/mol. The van der Waals surface area contributed by atoms with Gasteiger partial charge in [-0.25, -0.2) is 0 Å². The lowest BCUT2D eigenvalue weighted by Crippen LogP contribution is -2.45. The summed E-state index contributed by atoms with van der Waals surface area (Å²) in [7, 11) is 0. The Bertz CT molecular complexity index is 874. The molecule has 0 saturated carbocycles. The van der Waals surface area contributed by atoms with Gasteiger partial charge in [-0.05, 0) is 57.8 Å². The van der Waals surface area contributed by atoms with Crippen LogP contribution < -0.4 is 5.32 Å². The van der Waals surface area contributed by atoms with Crippen LogP contribution in [0.1, 0.15) is 258 Å². The Morgan fingerprint density at radius 3 is 1.27 bits per heavy atom. The fraction of sp³-hybridized carbons (Fsp3) is 0.880. The summed E-state index contributed by atoms with van der Waals surface area (Å²) in [5, 5.41) is 22.9. The van der Waals surface area contributed by atoms with Crippen LogP contribution in [0.2, 0.25) is 0 Å². The Labute approximate surface area is 348 Å². The normalized spacial score (nSPS) is 12.9. The maximum Gasteiger partial charge on any atom is 0.305 e. The van der Waals surface area contributed by atoms with Gasteiger partial charge in [0.2, 0.25) is 5.91 Å². The van der Waals surface area contributed by atoms with E-state index in [4.69, 9.17) is 4.74 Å². The van der Waals surface area contributed by atoms with E-state index in [1.807, 2.05) is 6.08 Å². The van der Waals surface area contributed by atoms with Crippen molar-refractivity contribution in [2.45, 2.75) is 270 Å². The average Bonchev–Trinajstić information content (AvgIpc) is 3.20. The zero-order chi connectivity index (χ0) is 40.8. The predicted octanol–water partition coefficient (Wildman–Crippen LogP) is 14.3. The molecular weight excluding hydrogens is 695 g/mol. The number of aliphatic hydroxyl groups excluding tert-OH is 2. The number of hydrogen-bond donors (Lipinski definition) is 3.